The Bertz CT molecular complexity index is 560. The lowest BCUT2D eigenvalue weighted by molar-refractivity contribution is 0.0635. The molecular weight excluding hydrogens is 318 g/mol. The molecule has 1 aromatic carbocycles. The molecule has 1 aliphatic rings. The molecule has 25 heavy (non-hydrogen) atoms. The van der Waals surface area contributed by atoms with E-state index in [-0.39, 0.29) is 11.9 Å². The minimum atomic E-state index is -0.235. The van der Waals surface area contributed by atoms with Crippen LogP contribution in [0.2, 0.25) is 0 Å². The highest BCUT2D eigenvalue weighted by atomic mass is 16.5. The summed E-state index contributed by atoms with van der Waals surface area (Å²) < 4.78 is 4.97. The van der Waals surface area contributed by atoms with E-state index < -0.39 is 0 Å². The Hall–Kier alpha value is -2.08. The fourth-order valence-corrected chi connectivity index (χ4v) is 3.01. The lowest BCUT2D eigenvalue weighted by Gasteiger charge is -2.33. The van der Waals surface area contributed by atoms with Crippen molar-refractivity contribution in [1.82, 2.24) is 10.2 Å². The number of amides is 3. The van der Waals surface area contributed by atoms with Crippen LogP contribution in [0.5, 0.6) is 0 Å². The molecule has 1 saturated heterocycles. The number of unbranched alkanes of at least 4 members (excludes halogenated alkanes) is 1. The van der Waals surface area contributed by atoms with Crippen LogP contribution < -0.4 is 10.6 Å². The molecule has 1 aromatic rings. The van der Waals surface area contributed by atoms with Crippen molar-refractivity contribution < 1.29 is 14.3 Å². The first-order chi connectivity index (χ1) is 12.1. The first kappa shape index (κ1) is 19.2. The van der Waals surface area contributed by atoms with E-state index in [1.807, 2.05) is 4.90 Å². The molecule has 0 saturated carbocycles. The highest BCUT2D eigenvalue weighted by molar-refractivity contribution is 5.95. The molecular formula is C19H29N3O3. The number of likely N-dealkylation sites (tertiary alicyclic amines) is 1. The zero-order valence-corrected chi connectivity index (χ0v) is 15.2. The summed E-state index contributed by atoms with van der Waals surface area (Å²) in [6.07, 6.45) is 5.12. The van der Waals surface area contributed by atoms with Gasteiger partial charge in [0.05, 0.1) is 0 Å². The van der Waals surface area contributed by atoms with Crippen LogP contribution in [0.25, 0.3) is 0 Å². The Morgan fingerprint density at radius 1 is 1.20 bits per heavy atom. The van der Waals surface area contributed by atoms with Crippen LogP contribution >= 0.6 is 0 Å². The van der Waals surface area contributed by atoms with Crippen molar-refractivity contribution in [2.24, 2.45) is 0 Å². The maximum absolute atomic E-state index is 12.6. The van der Waals surface area contributed by atoms with Gasteiger partial charge < -0.3 is 20.3 Å². The average molecular weight is 347 g/mol. The van der Waals surface area contributed by atoms with Crippen molar-refractivity contribution in [2.75, 3.05) is 32.1 Å². The topological polar surface area (TPSA) is 70.7 Å². The van der Waals surface area contributed by atoms with Gasteiger partial charge >= 0.3 is 6.03 Å². The number of rotatable bonds is 7. The Kier molecular flexibility index (Phi) is 7.73. The summed E-state index contributed by atoms with van der Waals surface area (Å²) in [5.74, 6) is 0.0707. The summed E-state index contributed by atoms with van der Waals surface area (Å²) in [6, 6.07) is 7.15. The van der Waals surface area contributed by atoms with Gasteiger partial charge in [0.25, 0.3) is 5.91 Å². The molecule has 1 fully saturated rings. The molecule has 0 bridgehead atoms. The van der Waals surface area contributed by atoms with E-state index in [1.54, 1.807) is 31.4 Å². The molecule has 0 radical (unpaired) electrons. The summed E-state index contributed by atoms with van der Waals surface area (Å²) in [5, 5.41) is 5.59. The highest BCUT2D eigenvalue weighted by Crippen LogP contribution is 2.20. The number of anilines is 1. The summed E-state index contributed by atoms with van der Waals surface area (Å²) in [6.45, 7) is 4.24. The third-order valence-corrected chi connectivity index (χ3v) is 4.51. The standard InChI is InChI=1S/C19H29N3O3/c1-15-7-3-5-13-22(15)18(23)16-8-10-17(11-9-16)21-19(24)20-12-4-6-14-25-2/h8-11,15H,3-7,12-14H2,1-2H3,(H2,20,21,24). The normalized spacial score (nSPS) is 17.2. The highest BCUT2D eigenvalue weighted by Gasteiger charge is 2.23. The van der Waals surface area contributed by atoms with Gasteiger partial charge in [-0.25, -0.2) is 4.79 Å². The van der Waals surface area contributed by atoms with Gasteiger partial charge in [-0.3, -0.25) is 4.79 Å². The number of carbonyl (C=O) groups is 2. The Labute approximate surface area is 149 Å². The predicted octanol–water partition coefficient (Wildman–Crippen LogP) is 3.25. The molecule has 1 unspecified atom stereocenters. The van der Waals surface area contributed by atoms with Gasteiger partial charge in [0.1, 0.15) is 0 Å². The Morgan fingerprint density at radius 2 is 1.96 bits per heavy atom. The van der Waals surface area contributed by atoms with Crippen LogP contribution in [0.4, 0.5) is 10.5 Å². The number of ether oxygens (including phenoxy) is 1. The molecule has 1 atom stereocenters. The van der Waals surface area contributed by atoms with E-state index in [2.05, 4.69) is 17.6 Å². The molecule has 0 aromatic heterocycles. The number of carbonyl (C=O) groups excluding carboxylic acids is 2. The van der Waals surface area contributed by atoms with Gasteiger partial charge in [-0.1, -0.05) is 0 Å². The smallest absolute Gasteiger partial charge is 0.319 e. The van der Waals surface area contributed by atoms with E-state index in [4.69, 9.17) is 4.74 Å². The first-order valence-corrected chi connectivity index (χ1v) is 9.06. The van der Waals surface area contributed by atoms with Gasteiger partial charge in [0, 0.05) is 44.1 Å². The van der Waals surface area contributed by atoms with Gasteiger partial charge in [-0.2, -0.15) is 0 Å². The number of nitrogens with zero attached hydrogens (tertiary/aromatic N) is 1. The molecule has 1 aliphatic heterocycles. The number of benzene rings is 1. The quantitative estimate of drug-likeness (QED) is 0.744. The fraction of sp³-hybridized carbons (Fsp3) is 0.579. The second-order valence-electron chi connectivity index (χ2n) is 6.50. The molecule has 0 aliphatic carbocycles. The summed E-state index contributed by atoms with van der Waals surface area (Å²) in [4.78, 5) is 26.4. The number of urea groups is 1. The second-order valence-corrected chi connectivity index (χ2v) is 6.50. The third-order valence-electron chi connectivity index (χ3n) is 4.51. The molecule has 2 N–H and O–H groups in total. The maximum Gasteiger partial charge on any atom is 0.319 e. The minimum Gasteiger partial charge on any atom is -0.385 e. The van der Waals surface area contributed by atoms with E-state index in [0.29, 0.717) is 30.4 Å². The molecule has 6 nitrogen and oxygen atoms in total. The monoisotopic (exact) mass is 347 g/mol. The lowest BCUT2D eigenvalue weighted by Crippen LogP contribution is -2.42. The number of piperidine rings is 1. The van der Waals surface area contributed by atoms with Crippen LogP contribution in [0.1, 0.15) is 49.4 Å². The maximum atomic E-state index is 12.6. The Balaban J connectivity index is 1.81. The predicted molar refractivity (Wildman–Crippen MR) is 98.9 cm³/mol. The molecule has 0 spiro atoms. The molecule has 138 valence electrons. The minimum absolute atomic E-state index is 0.0707. The zero-order valence-electron chi connectivity index (χ0n) is 15.2. The SMILES string of the molecule is COCCCCNC(=O)Nc1ccc(C(=O)N2CCCCC2C)cc1. The van der Waals surface area contributed by atoms with Crippen molar-refractivity contribution in [3.05, 3.63) is 29.8 Å². The van der Waals surface area contributed by atoms with Gasteiger partial charge in [0.2, 0.25) is 0 Å². The van der Waals surface area contributed by atoms with Gasteiger partial charge in [-0.15, -0.1) is 0 Å². The average Bonchev–Trinajstić information content (AvgIpc) is 2.62. The van der Waals surface area contributed by atoms with Crippen molar-refractivity contribution in [3.63, 3.8) is 0 Å². The van der Waals surface area contributed by atoms with Crippen LogP contribution in [0.15, 0.2) is 24.3 Å². The van der Waals surface area contributed by atoms with Gasteiger partial charge in [-0.05, 0) is 63.3 Å². The molecule has 6 heteroatoms. The molecule has 3 amide bonds. The van der Waals surface area contributed by atoms with E-state index >= 15 is 0 Å². The van der Waals surface area contributed by atoms with Crippen molar-refractivity contribution in [1.29, 1.82) is 0 Å². The molecule has 2 rings (SSSR count). The number of methoxy groups -OCH3 is 1. The summed E-state index contributed by atoms with van der Waals surface area (Å²) >= 11 is 0. The van der Waals surface area contributed by atoms with Gasteiger partial charge in [0.15, 0.2) is 0 Å². The van der Waals surface area contributed by atoms with Crippen LogP contribution in [-0.2, 0) is 4.74 Å². The zero-order chi connectivity index (χ0) is 18.1. The first-order valence-electron chi connectivity index (χ1n) is 9.06. The second kappa shape index (κ2) is 10.0. The van der Waals surface area contributed by atoms with E-state index in [0.717, 1.165) is 32.2 Å². The largest absolute Gasteiger partial charge is 0.385 e. The van der Waals surface area contributed by atoms with E-state index in [1.165, 1.54) is 6.42 Å². The van der Waals surface area contributed by atoms with Crippen LogP contribution in [0.3, 0.4) is 0 Å². The summed E-state index contributed by atoms with van der Waals surface area (Å²) in [5.41, 5.74) is 1.34. The van der Waals surface area contributed by atoms with Crippen molar-refractivity contribution in [3.8, 4) is 0 Å². The molecule has 1 heterocycles. The van der Waals surface area contributed by atoms with Crippen LogP contribution in [-0.4, -0.2) is 49.7 Å². The number of nitrogens with one attached hydrogen (secondary N) is 2. The Morgan fingerprint density at radius 3 is 2.64 bits per heavy atom. The van der Waals surface area contributed by atoms with Crippen molar-refractivity contribution in [2.45, 2.75) is 45.1 Å². The summed E-state index contributed by atoms with van der Waals surface area (Å²) in [7, 11) is 1.67. The third kappa shape index (κ3) is 6.05. The van der Waals surface area contributed by atoms with Crippen molar-refractivity contribution >= 4 is 17.6 Å². The lowest BCUT2D eigenvalue weighted by atomic mass is 10.0. The number of hydrogen-bond acceptors (Lipinski definition) is 3. The van der Waals surface area contributed by atoms with Crippen LogP contribution in [0, 0.1) is 0 Å². The van der Waals surface area contributed by atoms with E-state index in [9.17, 15) is 9.59 Å². The number of hydrogen-bond donors (Lipinski definition) is 2. The fourth-order valence-electron chi connectivity index (χ4n) is 3.01.